The molecular weight excluding hydrogens is 440 g/mol. The van der Waals surface area contributed by atoms with Gasteiger partial charge in [0.05, 0.1) is 18.3 Å². The summed E-state index contributed by atoms with van der Waals surface area (Å²) in [6.45, 7) is 10.8. The van der Waals surface area contributed by atoms with Crippen molar-refractivity contribution in [3.8, 4) is 5.88 Å². The number of hydrogen-bond acceptors (Lipinski definition) is 6. The molecule has 35 heavy (non-hydrogen) atoms. The molecule has 8 nitrogen and oxygen atoms in total. The van der Waals surface area contributed by atoms with E-state index in [1.165, 1.54) is 5.56 Å². The van der Waals surface area contributed by atoms with Gasteiger partial charge >= 0.3 is 0 Å². The van der Waals surface area contributed by atoms with E-state index in [0.717, 1.165) is 74.8 Å². The van der Waals surface area contributed by atoms with Gasteiger partial charge in [0.15, 0.2) is 5.65 Å². The number of hydrogen-bond donors (Lipinski definition) is 0. The number of methoxy groups -OCH3 is 1. The van der Waals surface area contributed by atoms with Crippen molar-refractivity contribution in [1.29, 1.82) is 0 Å². The fourth-order valence-electron chi connectivity index (χ4n) is 5.14. The van der Waals surface area contributed by atoms with Crippen LogP contribution in [-0.2, 0) is 19.5 Å². The third-order valence-electron chi connectivity index (χ3n) is 7.00. The van der Waals surface area contributed by atoms with Crippen molar-refractivity contribution in [3.05, 3.63) is 69.9 Å². The van der Waals surface area contributed by atoms with Crippen molar-refractivity contribution in [1.82, 2.24) is 28.7 Å². The number of piperazine rings is 1. The maximum atomic E-state index is 13.6. The molecule has 0 bridgehead atoms. The van der Waals surface area contributed by atoms with Crippen molar-refractivity contribution in [3.63, 3.8) is 0 Å². The molecule has 1 aliphatic heterocycles. The average molecular weight is 475 g/mol. The van der Waals surface area contributed by atoms with Crippen LogP contribution in [-0.4, -0.2) is 68.6 Å². The molecule has 1 fully saturated rings. The van der Waals surface area contributed by atoms with Crippen molar-refractivity contribution < 1.29 is 4.74 Å². The number of nitrogens with zero attached hydrogens (tertiary/aromatic N) is 6. The zero-order valence-corrected chi connectivity index (χ0v) is 20.9. The third kappa shape index (κ3) is 4.68. The monoisotopic (exact) mass is 474 g/mol. The molecule has 0 radical (unpaired) electrons. The summed E-state index contributed by atoms with van der Waals surface area (Å²) in [6, 6.07) is 14.4. The second-order valence-electron chi connectivity index (χ2n) is 9.26. The summed E-state index contributed by atoms with van der Waals surface area (Å²) in [4.78, 5) is 28.0. The van der Waals surface area contributed by atoms with Gasteiger partial charge in [-0.2, -0.15) is 4.98 Å². The Bertz CT molecular complexity index is 1370. The van der Waals surface area contributed by atoms with Crippen molar-refractivity contribution >= 4 is 16.7 Å². The first-order chi connectivity index (χ1) is 17.1. The summed E-state index contributed by atoms with van der Waals surface area (Å²) in [6.07, 6.45) is 1.63. The summed E-state index contributed by atoms with van der Waals surface area (Å²) < 4.78 is 9.17. The molecule has 0 atom stereocenters. The molecule has 0 saturated carbocycles. The van der Waals surface area contributed by atoms with Crippen LogP contribution in [0.2, 0.25) is 0 Å². The van der Waals surface area contributed by atoms with Crippen LogP contribution >= 0.6 is 0 Å². The molecule has 1 aromatic carbocycles. The highest BCUT2D eigenvalue weighted by Gasteiger charge is 2.20. The molecule has 0 amide bonds. The van der Waals surface area contributed by atoms with Crippen LogP contribution < -0.4 is 10.3 Å². The first-order valence-electron chi connectivity index (χ1n) is 12.5. The fraction of sp³-hybridized carbons (Fsp3) is 0.444. The second-order valence-corrected chi connectivity index (χ2v) is 9.26. The van der Waals surface area contributed by atoms with Crippen molar-refractivity contribution in [2.75, 3.05) is 39.8 Å². The van der Waals surface area contributed by atoms with Gasteiger partial charge in [0.2, 0.25) is 5.88 Å². The van der Waals surface area contributed by atoms with E-state index in [-0.39, 0.29) is 5.56 Å². The van der Waals surface area contributed by atoms with E-state index >= 15 is 0 Å². The standard InChI is InChI=1S/C27H34N6O2/c1-4-23-28-20(2)25-27(34)32(22-11-12-24(35-3)29-26(22)33(23)25)14-8-13-30-15-17-31(18-16-30)19-21-9-6-5-7-10-21/h5-7,9-12H,4,8,13-19H2,1-3H3. The van der Waals surface area contributed by atoms with E-state index in [2.05, 4.69) is 45.1 Å². The van der Waals surface area contributed by atoms with Crippen molar-refractivity contribution in [2.24, 2.45) is 0 Å². The third-order valence-corrected chi connectivity index (χ3v) is 7.00. The van der Waals surface area contributed by atoms with Crippen LogP contribution in [0.25, 0.3) is 16.7 Å². The molecule has 0 spiro atoms. The summed E-state index contributed by atoms with van der Waals surface area (Å²) in [5.74, 6) is 1.38. The summed E-state index contributed by atoms with van der Waals surface area (Å²) in [7, 11) is 1.61. The van der Waals surface area contributed by atoms with Crippen LogP contribution in [0, 0.1) is 6.92 Å². The highest BCUT2D eigenvalue weighted by molar-refractivity contribution is 5.77. The number of fused-ring (bicyclic) bond motifs is 3. The lowest BCUT2D eigenvalue weighted by molar-refractivity contribution is 0.125. The van der Waals surface area contributed by atoms with Gasteiger partial charge in [-0.25, -0.2) is 4.98 Å². The Balaban J connectivity index is 1.31. The smallest absolute Gasteiger partial charge is 0.277 e. The molecule has 8 heteroatoms. The van der Waals surface area contributed by atoms with Gasteiger partial charge in [-0.05, 0) is 31.5 Å². The topological polar surface area (TPSA) is 67.9 Å². The van der Waals surface area contributed by atoms with Gasteiger partial charge in [0.25, 0.3) is 5.56 Å². The largest absolute Gasteiger partial charge is 0.481 e. The molecular formula is C27H34N6O2. The fourth-order valence-corrected chi connectivity index (χ4v) is 5.14. The maximum absolute atomic E-state index is 13.6. The predicted molar refractivity (Wildman–Crippen MR) is 138 cm³/mol. The number of benzene rings is 1. The predicted octanol–water partition coefficient (Wildman–Crippen LogP) is 3.13. The van der Waals surface area contributed by atoms with Crippen LogP contribution in [0.3, 0.4) is 0 Å². The Kier molecular flexibility index (Phi) is 6.83. The quantitative estimate of drug-likeness (QED) is 0.391. The van der Waals surface area contributed by atoms with E-state index < -0.39 is 0 Å². The maximum Gasteiger partial charge on any atom is 0.277 e. The lowest BCUT2D eigenvalue weighted by Crippen LogP contribution is -2.46. The summed E-state index contributed by atoms with van der Waals surface area (Å²) in [5, 5.41) is 0. The number of rotatable bonds is 8. The lowest BCUT2D eigenvalue weighted by atomic mass is 10.2. The SMILES string of the molecule is CCc1nc(C)c2c(=O)n(CCCN3CCN(Cc4ccccc4)CC3)c3ccc(OC)nc3n12. The molecule has 0 aliphatic carbocycles. The first kappa shape index (κ1) is 23.5. The molecule has 5 rings (SSSR count). The Hall–Kier alpha value is -3.23. The lowest BCUT2D eigenvalue weighted by Gasteiger charge is -2.34. The van der Waals surface area contributed by atoms with Gasteiger partial charge in [-0.15, -0.1) is 0 Å². The van der Waals surface area contributed by atoms with Crippen LogP contribution in [0.15, 0.2) is 47.3 Å². The highest BCUT2D eigenvalue weighted by Crippen LogP contribution is 2.21. The van der Waals surface area contributed by atoms with E-state index in [1.807, 2.05) is 34.9 Å². The molecule has 3 aromatic heterocycles. The number of imidazole rings is 1. The minimum Gasteiger partial charge on any atom is -0.481 e. The number of aromatic nitrogens is 4. The minimum absolute atomic E-state index is 0.00171. The molecule has 0 N–H and O–H groups in total. The number of ether oxygens (including phenoxy) is 1. The Morgan fingerprint density at radius 3 is 2.40 bits per heavy atom. The normalized spacial score (nSPS) is 15.3. The molecule has 1 aliphatic rings. The van der Waals surface area contributed by atoms with Crippen LogP contribution in [0.1, 0.15) is 30.4 Å². The second kappa shape index (κ2) is 10.2. The minimum atomic E-state index is 0.00171. The van der Waals surface area contributed by atoms with E-state index in [1.54, 1.807) is 7.11 Å². The van der Waals surface area contributed by atoms with Crippen LogP contribution in [0.5, 0.6) is 5.88 Å². The number of pyridine rings is 1. The summed E-state index contributed by atoms with van der Waals surface area (Å²) >= 11 is 0. The average Bonchev–Trinajstić information content (AvgIpc) is 3.24. The van der Waals surface area contributed by atoms with Gasteiger partial charge in [-0.3, -0.25) is 14.1 Å². The van der Waals surface area contributed by atoms with Gasteiger partial charge in [0, 0.05) is 51.8 Å². The van der Waals surface area contributed by atoms with Crippen molar-refractivity contribution in [2.45, 2.75) is 39.8 Å². The van der Waals surface area contributed by atoms with Gasteiger partial charge in [0.1, 0.15) is 11.3 Å². The first-order valence-corrected chi connectivity index (χ1v) is 12.5. The van der Waals surface area contributed by atoms with E-state index in [9.17, 15) is 4.79 Å². The van der Waals surface area contributed by atoms with E-state index in [0.29, 0.717) is 17.9 Å². The number of aryl methyl sites for hydroxylation is 3. The van der Waals surface area contributed by atoms with Crippen LogP contribution in [0.4, 0.5) is 0 Å². The Morgan fingerprint density at radius 2 is 1.69 bits per heavy atom. The zero-order valence-electron chi connectivity index (χ0n) is 20.9. The van der Waals surface area contributed by atoms with E-state index in [4.69, 9.17) is 9.72 Å². The Labute approximate surface area is 205 Å². The highest BCUT2D eigenvalue weighted by atomic mass is 16.5. The van der Waals surface area contributed by atoms with Gasteiger partial charge < -0.3 is 14.2 Å². The summed E-state index contributed by atoms with van der Waals surface area (Å²) in [5.41, 5.74) is 4.29. The molecule has 4 aromatic rings. The molecule has 4 heterocycles. The Morgan fingerprint density at radius 1 is 0.943 bits per heavy atom. The molecule has 184 valence electrons. The molecule has 0 unspecified atom stereocenters. The van der Waals surface area contributed by atoms with Gasteiger partial charge in [-0.1, -0.05) is 37.3 Å². The zero-order chi connectivity index (χ0) is 24.4. The molecule has 1 saturated heterocycles.